The topological polar surface area (TPSA) is 56.4 Å². The van der Waals surface area contributed by atoms with Gasteiger partial charge in [0.2, 0.25) is 0 Å². The molecule has 0 spiro atoms. The molecule has 0 aliphatic carbocycles. The van der Waals surface area contributed by atoms with Gasteiger partial charge in [0.15, 0.2) is 5.96 Å². The lowest BCUT2D eigenvalue weighted by Crippen LogP contribution is -2.39. The standard InChI is InChI=1S/C18H30N4/c1-16(17-10-4-2-5-11-17)22(18(19)20)15-7-3-6-12-21-13-8-9-14-21/h2,4-5,10-11,16H,3,6-9,12-15H2,1H3,(H3,19,20)/t16-/m0/s1. The molecule has 0 unspecified atom stereocenters. The molecular formula is C18H30N4. The van der Waals surface area contributed by atoms with Crippen LogP contribution in [0.15, 0.2) is 30.3 Å². The van der Waals surface area contributed by atoms with Crippen LogP contribution in [-0.2, 0) is 0 Å². The molecule has 2 rings (SSSR count). The number of nitrogens with one attached hydrogen (secondary N) is 1. The van der Waals surface area contributed by atoms with Crippen LogP contribution in [-0.4, -0.2) is 41.9 Å². The van der Waals surface area contributed by atoms with Crippen molar-refractivity contribution < 1.29 is 0 Å². The minimum atomic E-state index is 0.164. The van der Waals surface area contributed by atoms with Gasteiger partial charge in [0.1, 0.15) is 0 Å². The van der Waals surface area contributed by atoms with Crippen molar-refractivity contribution in [1.29, 1.82) is 5.41 Å². The summed E-state index contributed by atoms with van der Waals surface area (Å²) < 4.78 is 0. The van der Waals surface area contributed by atoms with Gasteiger partial charge in [0.05, 0.1) is 6.04 Å². The van der Waals surface area contributed by atoms with Crippen molar-refractivity contribution >= 4 is 5.96 Å². The number of hydrogen-bond donors (Lipinski definition) is 2. The lowest BCUT2D eigenvalue weighted by atomic mass is 10.1. The minimum Gasteiger partial charge on any atom is -0.370 e. The van der Waals surface area contributed by atoms with Crippen molar-refractivity contribution in [3.05, 3.63) is 35.9 Å². The van der Waals surface area contributed by atoms with Crippen molar-refractivity contribution in [3.8, 4) is 0 Å². The van der Waals surface area contributed by atoms with E-state index in [1.165, 1.54) is 50.9 Å². The van der Waals surface area contributed by atoms with E-state index in [0.29, 0.717) is 0 Å². The molecule has 1 saturated heterocycles. The fourth-order valence-electron chi connectivity index (χ4n) is 3.23. The molecule has 1 aliphatic rings. The number of guanidine groups is 1. The normalized spacial score (nSPS) is 16.6. The highest BCUT2D eigenvalue weighted by molar-refractivity contribution is 5.75. The zero-order valence-corrected chi connectivity index (χ0v) is 13.8. The minimum absolute atomic E-state index is 0.164. The van der Waals surface area contributed by atoms with Crippen LogP contribution in [0.25, 0.3) is 0 Å². The molecular weight excluding hydrogens is 272 g/mol. The van der Waals surface area contributed by atoms with Gasteiger partial charge in [-0.2, -0.15) is 0 Å². The summed E-state index contributed by atoms with van der Waals surface area (Å²) in [5.41, 5.74) is 7.01. The van der Waals surface area contributed by atoms with Gasteiger partial charge in [-0.3, -0.25) is 5.41 Å². The van der Waals surface area contributed by atoms with E-state index in [1.54, 1.807) is 0 Å². The molecule has 1 heterocycles. The second-order valence-electron chi connectivity index (χ2n) is 6.27. The zero-order valence-electron chi connectivity index (χ0n) is 13.8. The van der Waals surface area contributed by atoms with Crippen LogP contribution in [0.1, 0.15) is 50.6 Å². The van der Waals surface area contributed by atoms with Crippen LogP contribution < -0.4 is 5.73 Å². The highest BCUT2D eigenvalue weighted by Crippen LogP contribution is 2.20. The number of nitrogens with zero attached hydrogens (tertiary/aromatic N) is 2. The van der Waals surface area contributed by atoms with E-state index in [4.69, 9.17) is 11.1 Å². The van der Waals surface area contributed by atoms with E-state index >= 15 is 0 Å². The largest absolute Gasteiger partial charge is 0.370 e. The van der Waals surface area contributed by atoms with Crippen LogP contribution in [0.2, 0.25) is 0 Å². The average Bonchev–Trinajstić information content (AvgIpc) is 3.04. The Balaban J connectivity index is 1.73. The Morgan fingerprint density at radius 1 is 1.18 bits per heavy atom. The Labute approximate surface area is 134 Å². The van der Waals surface area contributed by atoms with E-state index in [2.05, 4.69) is 24.0 Å². The predicted molar refractivity (Wildman–Crippen MR) is 93.0 cm³/mol. The third-order valence-corrected chi connectivity index (χ3v) is 4.63. The highest BCUT2D eigenvalue weighted by Gasteiger charge is 2.16. The molecule has 1 atom stereocenters. The van der Waals surface area contributed by atoms with Gasteiger partial charge in [0.25, 0.3) is 0 Å². The maximum Gasteiger partial charge on any atom is 0.188 e. The van der Waals surface area contributed by atoms with Crippen molar-refractivity contribution in [2.24, 2.45) is 5.73 Å². The zero-order chi connectivity index (χ0) is 15.8. The summed E-state index contributed by atoms with van der Waals surface area (Å²) in [4.78, 5) is 4.57. The van der Waals surface area contributed by atoms with Crippen LogP contribution in [0, 0.1) is 5.41 Å². The molecule has 4 heteroatoms. The molecule has 1 fully saturated rings. The lowest BCUT2D eigenvalue weighted by Gasteiger charge is -2.30. The van der Waals surface area contributed by atoms with Crippen molar-refractivity contribution in [2.45, 2.75) is 45.1 Å². The van der Waals surface area contributed by atoms with E-state index in [1.807, 2.05) is 23.1 Å². The summed E-state index contributed by atoms with van der Waals surface area (Å²) in [5.74, 6) is 0.177. The van der Waals surface area contributed by atoms with Gasteiger partial charge in [-0.05, 0) is 57.8 Å². The second kappa shape index (κ2) is 8.79. The van der Waals surface area contributed by atoms with E-state index in [0.717, 1.165) is 13.0 Å². The maximum atomic E-state index is 7.84. The quantitative estimate of drug-likeness (QED) is 0.440. The molecule has 3 N–H and O–H groups in total. The number of nitrogens with two attached hydrogens (primary N) is 1. The van der Waals surface area contributed by atoms with E-state index in [9.17, 15) is 0 Å². The number of benzene rings is 1. The monoisotopic (exact) mass is 302 g/mol. The van der Waals surface area contributed by atoms with Crippen LogP contribution in [0.3, 0.4) is 0 Å². The summed E-state index contributed by atoms with van der Waals surface area (Å²) in [7, 11) is 0. The Kier molecular flexibility index (Phi) is 6.72. The number of unbranched alkanes of at least 4 members (excludes halogenated alkanes) is 2. The van der Waals surface area contributed by atoms with Gasteiger partial charge in [0, 0.05) is 6.54 Å². The van der Waals surface area contributed by atoms with E-state index in [-0.39, 0.29) is 12.0 Å². The van der Waals surface area contributed by atoms with Crippen LogP contribution in [0.5, 0.6) is 0 Å². The summed E-state index contributed by atoms with van der Waals surface area (Å²) in [6, 6.07) is 10.5. The molecule has 1 aliphatic heterocycles. The van der Waals surface area contributed by atoms with Gasteiger partial charge in [-0.1, -0.05) is 36.8 Å². The number of hydrogen-bond acceptors (Lipinski definition) is 2. The summed E-state index contributed by atoms with van der Waals surface area (Å²) >= 11 is 0. The lowest BCUT2D eigenvalue weighted by molar-refractivity contribution is 0.303. The third-order valence-electron chi connectivity index (χ3n) is 4.63. The second-order valence-corrected chi connectivity index (χ2v) is 6.27. The summed E-state index contributed by atoms with van der Waals surface area (Å²) in [6.45, 7) is 6.79. The smallest absolute Gasteiger partial charge is 0.188 e. The molecule has 1 aromatic rings. The number of rotatable bonds is 8. The SMILES string of the molecule is C[C@@H](c1ccccc1)N(CCCCCN1CCCC1)C(=N)N. The highest BCUT2D eigenvalue weighted by atomic mass is 15.2. The van der Waals surface area contributed by atoms with Crippen LogP contribution >= 0.6 is 0 Å². The Bertz CT molecular complexity index is 440. The van der Waals surface area contributed by atoms with E-state index < -0.39 is 0 Å². The first-order valence-corrected chi connectivity index (χ1v) is 8.56. The molecule has 4 nitrogen and oxygen atoms in total. The molecule has 122 valence electrons. The number of likely N-dealkylation sites (tertiary alicyclic amines) is 1. The molecule has 22 heavy (non-hydrogen) atoms. The Hall–Kier alpha value is -1.55. The molecule has 0 saturated carbocycles. The van der Waals surface area contributed by atoms with Crippen molar-refractivity contribution in [3.63, 3.8) is 0 Å². The fourth-order valence-corrected chi connectivity index (χ4v) is 3.23. The van der Waals surface area contributed by atoms with Gasteiger partial charge in [-0.15, -0.1) is 0 Å². The van der Waals surface area contributed by atoms with Crippen LogP contribution in [0.4, 0.5) is 0 Å². The van der Waals surface area contributed by atoms with Gasteiger partial charge in [-0.25, -0.2) is 0 Å². The molecule has 1 aromatic carbocycles. The van der Waals surface area contributed by atoms with Crippen molar-refractivity contribution in [1.82, 2.24) is 9.80 Å². The predicted octanol–water partition coefficient (Wildman–Crippen LogP) is 3.21. The Morgan fingerprint density at radius 2 is 1.86 bits per heavy atom. The summed E-state index contributed by atoms with van der Waals surface area (Å²) in [6.07, 6.45) is 6.30. The maximum absolute atomic E-state index is 7.84. The molecule has 0 amide bonds. The first kappa shape index (κ1) is 16.8. The van der Waals surface area contributed by atoms with Gasteiger partial charge >= 0.3 is 0 Å². The first-order chi connectivity index (χ1) is 10.7. The molecule has 0 aromatic heterocycles. The molecule has 0 bridgehead atoms. The average molecular weight is 302 g/mol. The van der Waals surface area contributed by atoms with Gasteiger partial charge < -0.3 is 15.5 Å². The summed E-state index contributed by atoms with van der Waals surface area (Å²) in [5, 5.41) is 7.84. The van der Waals surface area contributed by atoms with Crippen molar-refractivity contribution in [2.75, 3.05) is 26.2 Å². The fraction of sp³-hybridized carbons (Fsp3) is 0.611. The molecule has 0 radical (unpaired) electrons. The third kappa shape index (κ3) is 5.02. The Morgan fingerprint density at radius 3 is 2.50 bits per heavy atom. The first-order valence-electron chi connectivity index (χ1n) is 8.56.